The zero-order valence-corrected chi connectivity index (χ0v) is 12.5. The molecule has 0 bridgehead atoms. The zero-order chi connectivity index (χ0) is 15.5. The highest BCUT2D eigenvalue weighted by Gasteiger charge is 2.09. The van der Waals surface area contributed by atoms with Crippen LogP contribution in [0.4, 0.5) is 0 Å². The lowest BCUT2D eigenvalue weighted by Gasteiger charge is -2.12. The Balaban J connectivity index is 2.14. The molecule has 2 nitrogen and oxygen atoms in total. The highest BCUT2D eigenvalue weighted by Crippen LogP contribution is 2.35. The third kappa shape index (κ3) is 2.68. The van der Waals surface area contributed by atoms with E-state index < -0.39 is 0 Å². The summed E-state index contributed by atoms with van der Waals surface area (Å²) in [6.45, 7) is 2.07. The molecule has 0 unspecified atom stereocenters. The molecule has 3 rings (SSSR count). The fraction of sp³-hybridized carbons (Fsp3) is 0.100. The molecule has 0 fully saturated rings. The van der Waals surface area contributed by atoms with E-state index in [-0.39, 0.29) is 11.5 Å². The minimum Gasteiger partial charge on any atom is -0.508 e. The molecule has 0 saturated carbocycles. The van der Waals surface area contributed by atoms with Crippen LogP contribution in [0.1, 0.15) is 12.5 Å². The molecule has 0 saturated heterocycles. The topological polar surface area (TPSA) is 40.5 Å². The molecule has 0 atom stereocenters. The lowest BCUT2D eigenvalue weighted by atomic mass is 9.94. The predicted octanol–water partition coefficient (Wildman–Crippen LogP) is 4.99. The Kier molecular flexibility index (Phi) is 3.84. The van der Waals surface area contributed by atoms with Crippen molar-refractivity contribution < 1.29 is 10.2 Å². The average Bonchev–Trinajstić information content (AvgIpc) is 2.56. The quantitative estimate of drug-likeness (QED) is 0.713. The summed E-state index contributed by atoms with van der Waals surface area (Å²) >= 11 is 0. The number of aryl methyl sites for hydroxylation is 1. The molecule has 0 aliphatic rings. The molecular formula is C20H18O2. The van der Waals surface area contributed by atoms with Gasteiger partial charge in [0.2, 0.25) is 0 Å². The Morgan fingerprint density at radius 2 is 1.50 bits per heavy atom. The van der Waals surface area contributed by atoms with E-state index in [1.807, 2.05) is 48.5 Å². The Bertz CT molecular complexity index is 792. The summed E-state index contributed by atoms with van der Waals surface area (Å²) < 4.78 is 0. The second-order valence-corrected chi connectivity index (χ2v) is 5.29. The summed E-state index contributed by atoms with van der Waals surface area (Å²) in [7, 11) is 0. The minimum atomic E-state index is 0.270. The van der Waals surface area contributed by atoms with E-state index in [1.54, 1.807) is 18.2 Å². The second kappa shape index (κ2) is 5.94. The van der Waals surface area contributed by atoms with Gasteiger partial charge < -0.3 is 10.2 Å². The normalized spacial score (nSPS) is 10.6. The molecule has 0 spiro atoms. The van der Waals surface area contributed by atoms with Gasteiger partial charge in [0.15, 0.2) is 0 Å². The summed E-state index contributed by atoms with van der Waals surface area (Å²) in [6, 6.07) is 20.9. The maximum Gasteiger partial charge on any atom is 0.123 e. The summed E-state index contributed by atoms with van der Waals surface area (Å²) in [5.41, 5.74) is 5.00. The van der Waals surface area contributed by atoms with Gasteiger partial charge >= 0.3 is 0 Å². The third-order valence-corrected chi connectivity index (χ3v) is 3.86. The van der Waals surface area contributed by atoms with Gasteiger partial charge in [-0.25, -0.2) is 0 Å². The van der Waals surface area contributed by atoms with Crippen molar-refractivity contribution in [3.8, 4) is 33.8 Å². The highest BCUT2D eigenvalue weighted by atomic mass is 16.3. The Morgan fingerprint density at radius 1 is 0.727 bits per heavy atom. The second-order valence-electron chi connectivity index (χ2n) is 5.29. The van der Waals surface area contributed by atoms with E-state index in [1.165, 1.54) is 0 Å². The number of hydrogen-bond acceptors (Lipinski definition) is 2. The fourth-order valence-corrected chi connectivity index (χ4v) is 2.71. The monoisotopic (exact) mass is 290 g/mol. The van der Waals surface area contributed by atoms with Crippen LogP contribution in [0.5, 0.6) is 11.5 Å². The highest BCUT2D eigenvalue weighted by molar-refractivity contribution is 5.78. The third-order valence-electron chi connectivity index (χ3n) is 3.86. The predicted molar refractivity (Wildman–Crippen MR) is 90.0 cm³/mol. The maximum absolute atomic E-state index is 10.2. The van der Waals surface area contributed by atoms with Crippen molar-refractivity contribution in [2.45, 2.75) is 13.3 Å². The van der Waals surface area contributed by atoms with Crippen LogP contribution in [-0.2, 0) is 6.42 Å². The molecule has 3 aromatic carbocycles. The van der Waals surface area contributed by atoms with Gasteiger partial charge in [-0.3, -0.25) is 0 Å². The van der Waals surface area contributed by atoms with Crippen LogP contribution in [0.25, 0.3) is 22.3 Å². The summed E-state index contributed by atoms with van der Waals surface area (Å²) in [5, 5.41) is 19.8. The summed E-state index contributed by atoms with van der Waals surface area (Å²) in [5.74, 6) is 0.550. The number of hydrogen-bond donors (Lipinski definition) is 2. The van der Waals surface area contributed by atoms with Crippen LogP contribution < -0.4 is 0 Å². The maximum atomic E-state index is 10.2. The van der Waals surface area contributed by atoms with Gasteiger partial charge in [-0.15, -0.1) is 0 Å². The summed E-state index contributed by atoms with van der Waals surface area (Å²) in [4.78, 5) is 0. The Morgan fingerprint density at radius 3 is 2.23 bits per heavy atom. The molecule has 2 N–H and O–H groups in total. The molecular weight excluding hydrogens is 272 g/mol. The molecule has 110 valence electrons. The molecule has 0 heterocycles. The molecule has 0 aliphatic carbocycles. The molecule has 3 aromatic rings. The van der Waals surface area contributed by atoms with E-state index in [2.05, 4.69) is 6.92 Å². The van der Waals surface area contributed by atoms with E-state index in [9.17, 15) is 10.2 Å². The van der Waals surface area contributed by atoms with E-state index in [4.69, 9.17) is 0 Å². The number of rotatable bonds is 3. The van der Waals surface area contributed by atoms with Gasteiger partial charge in [0.1, 0.15) is 11.5 Å². The largest absolute Gasteiger partial charge is 0.508 e. The molecule has 0 amide bonds. The van der Waals surface area contributed by atoms with Gasteiger partial charge in [0, 0.05) is 5.56 Å². The van der Waals surface area contributed by atoms with Crippen molar-refractivity contribution in [3.05, 3.63) is 72.3 Å². The molecule has 2 heteroatoms. The first kappa shape index (κ1) is 14.2. The first-order valence-electron chi connectivity index (χ1n) is 7.39. The van der Waals surface area contributed by atoms with Gasteiger partial charge in [-0.05, 0) is 52.9 Å². The van der Waals surface area contributed by atoms with Crippen LogP contribution in [0.15, 0.2) is 66.7 Å². The van der Waals surface area contributed by atoms with Crippen LogP contribution in [0, 0.1) is 0 Å². The average molecular weight is 290 g/mol. The van der Waals surface area contributed by atoms with Crippen molar-refractivity contribution in [3.63, 3.8) is 0 Å². The van der Waals surface area contributed by atoms with Crippen LogP contribution in [0.2, 0.25) is 0 Å². The van der Waals surface area contributed by atoms with Crippen LogP contribution in [-0.4, -0.2) is 10.2 Å². The Hall–Kier alpha value is -2.74. The molecule has 0 aliphatic heterocycles. The van der Waals surface area contributed by atoms with Crippen LogP contribution in [0.3, 0.4) is 0 Å². The minimum absolute atomic E-state index is 0.270. The van der Waals surface area contributed by atoms with Gasteiger partial charge in [-0.2, -0.15) is 0 Å². The van der Waals surface area contributed by atoms with Gasteiger partial charge in [0.25, 0.3) is 0 Å². The smallest absolute Gasteiger partial charge is 0.123 e. The number of phenolic OH excluding ortho intramolecular Hbond substituents is 2. The molecule has 0 radical (unpaired) electrons. The van der Waals surface area contributed by atoms with E-state index >= 15 is 0 Å². The van der Waals surface area contributed by atoms with Gasteiger partial charge in [-0.1, -0.05) is 49.4 Å². The van der Waals surface area contributed by atoms with E-state index in [0.717, 1.165) is 34.2 Å². The Labute approximate surface area is 130 Å². The SMILES string of the molecule is CCc1cc(O)ccc1-c1ccc(O)c(-c2ccccc2)c1. The van der Waals surface area contributed by atoms with Crippen molar-refractivity contribution in [1.29, 1.82) is 0 Å². The lowest BCUT2D eigenvalue weighted by molar-refractivity contribution is 0.474. The van der Waals surface area contributed by atoms with Crippen molar-refractivity contribution in [1.82, 2.24) is 0 Å². The standard InChI is InChI=1S/C20H18O2/c1-2-14-12-17(21)9-10-18(14)16-8-11-20(22)19(13-16)15-6-4-3-5-7-15/h3-13,21-22H,2H2,1H3. The fourth-order valence-electron chi connectivity index (χ4n) is 2.71. The van der Waals surface area contributed by atoms with Crippen LogP contribution >= 0.6 is 0 Å². The first-order valence-corrected chi connectivity index (χ1v) is 7.39. The van der Waals surface area contributed by atoms with Crippen molar-refractivity contribution in [2.75, 3.05) is 0 Å². The van der Waals surface area contributed by atoms with Crippen molar-refractivity contribution in [2.24, 2.45) is 0 Å². The molecule has 0 aromatic heterocycles. The van der Waals surface area contributed by atoms with Gasteiger partial charge in [0.05, 0.1) is 0 Å². The number of benzene rings is 3. The molecule has 22 heavy (non-hydrogen) atoms. The van der Waals surface area contributed by atoms with E-state index in [0.29, 0.717) is 0 Å². The lowest BCUT2D eigenvalue weighted by Crippen LogP contribution is -1.89. The zero-order valence-electron chi connectivity index (χ0n) is 12.5. The number of aromatic hydroxyl groups is 2. The first-order chi connectivity index (χ1) is 10.7. The summed E-state index contributed by atoms with van der Waals surface area (Å²) in [6.07, 6.45) is 0.839. The number of phenols is 2. The van der Waals surface area contributed by atoms with Crippen molar-refractivity contribution >= 4 is 0 Å².